The number of hydrogen-bond donors (Lipinski definition) is 3. The first-order valence-electron chi connectivity index (χ1n) is 7.71. The van der Waals surface area contributed by atoms with Crippen LogP contribution >= 0.6 is 11.6 Å². The van der Waals surface area contributed by atoms with Gasteiger partial charge in [-0.05, 0) is 26.8 Å². The topological polar surface area (TPSA) is 113 Å². The molecule has 0 bridgehead atoms. The predicted octanol–water partition coefficient (Wildman–Crippen LogP) is 2.79. The number of carbonyl (C=O) groups excluding carboxylic acids is 2. The molecular formula is C17H21ClN2O5. The second-order valence-electron chi connectivity index (χ2n) is 6.81. The summed E-state index contributed by atoms with van der Waals surface area (Å²) >= 11 is 5.81. The largest absolute Gasteiger partial charge is 0.507 e. The highest BCUT2D eigenvalue weighted by molar-refractivity contribution is 6.32. The Balaban J connectivity index is 2.27. The van der Waals surface area contributed by atoms with Gasteiger partial charge in [0, 0.05) is 30.3 Å². The van der Waals surface area contributed by atoms with Crippen LogP contribution in [0, 0.1) is 0 Å². The van der Waals surface area contributed by atoms with Crippen molar-refractivity contribution in [3.8, 4) is 11.5 Å². The highest BCUT2D eigenvalue weighted by atomic mass is 35.5. The van der Waals surface area contributed by atoms with E-state index < -0.39 is 23.2 Å². The summed E-state index contributed by atoms with van der Waals surface area (Å²) in [6.45, 7) is 5.56. The number of benzene rings is 1. The second-order valence-corrected chi connectivity index (χ2v) is 7.21. The molecule has 0 spiro atoms. The van der Waals surface area contributed by atoms with Crippen LogP contribution in [0.3, 0.4) is 0 Å². The molecule has 0 aliphatic carbocycles. The van der Waals surface area contributed by atoms with Gasteiger partial charge in [0.15, 0.2) is 5.78 Å². The van der Waals surface area contributed by atoms with Gasteiger partial charge in [0.25, 0.3) is 0 Å². The maximum absolute atomic E-state index is 12.7. The van der Waals surface area contributed by atoms with E-state index >= 15 is 0 Å². The zero-order valence-electron chi connectivity index (χ0n) is 14.3. The Hall–Kier alpha value is -2.41. The SMILES string of the molecule is CC(C)(C)OC(=O)N1CCC(N)=C(C(=O)c2cc(Cl)c(O)cc2O)C1. The number of ketones is 1. The molecule has 8 heteroatoms. The van der Waals surface area contributed by atoms with E-state index in [1.54, 1.807) is 20.8 Å². The number of halogens is 1. The number of aromatic hydroxyl groups is 2. The first-order valence-corrected chi connectivity index (χ1v) is 8.09. The van der Waals surface area contributed by atoms with Crippen molar-refractivity contribution < 1.29 is 24.5 Å². The maximum Gasteiger partial charge on any atom is 0.410 e. The molecule has 1 aliphatic rings. The summed E-state index contributed by atoms with van der Waals surface area (Å²) in [5.74, 6) is -1.30. The molecule has 1 aromatic carbocycles. The first-order chi connectivity index (χ1) is 11.5. The number of phenols is 2. The summed E-state index contributed by atoms with van der Waals surface area (Å²) in [6.07, 6.45) is -0.231. The van der Waals surface area contributed by atoms with Gasteiger partial charge in [-0.25, -0.2) is 4.79 Å². The quantitative estimate of drug-likeness (QED) is 0.692. The highest BCUT2D eigenvalue weighted by Crippen LogP contribution is 2.33. The van der Waals surface area contributed by atoms with Gasteiger partial charge in [-0.15, -0.1) is 0 Å². The minimum atomic E-state index is -0.656. The fourth-order valence-electron chi connectivity index (χ4n) is 2.37. The van der Waals surface area contributed by atoms with Crippen LogP contribution in [0.2, 0.25) is 5.02 Å². The van der Waals surface area contributed by atoms with Gasteiger partial charge in [0.2, 0.25) is 0 Å². The lowest BCUT2D eigenvalue weighted by Gasteiger charge is -2.31. The third-order valence-corrected chi connectivity index (χ3v) is 3.93. The number of ether oxygens (including phenoxy) is 1. The van der Waals surface area contributed by atoms with E-state index in [2.05, 4.69) is 0 Å². The summed E-state index contributed by atoms with van der Waals surface area (Å²) in [4.78, 5) is 26.3. The third kappa shape index (κ3) is 4.36. The number of carbonyl (C=O) groups is 2. The van der Waals surface area contributed by atoms with Gasteiger partial charge in [0.1, 0.15) is 17.1 Å². The number of Topliss-reactive ketones (excluding diaryl/α,β-unsaturated/α-hetero) is 1. The molecule has 0 radical (unpaired) electrons. The third-order valence-electron chi connectivity index (χ3n) is 3.62. The van der Waals surface area contributed by atoms with Gasteiger partial charge in [-0.2, -0.15) is 0 Å². The first kappa shape index (κ1) is 18.9. The zero-order chi connectivity index (χ0) is 18.9. The van der Waals surface area contributed by atoms with Crippen molar-refractivity contribution in [1.82, 2.24) is 4.90 Å². The summed E-state index contributed by atoms with van der Waals surface area (Å²) in [5, 5.41) is 19.3. The van der Waals surface area contributed by atoms with E-state index in [0.29, 0.717) is 18.7 Å². The van der Waals surface area contributed by atoms with Gasteiger partial charge >= 0.3 is 6.09 Å². The van der Waals surface area contributed by atoms with E-state index in [9.17, 15) is 19.8 Å². The van der Waals surface area contributed by atoms with Crippen molar-refractivity contribution in [2.24, 2.45) is 5.73 Å². The van der Waals surface area contributed by atoms with E-state index in [1.807, 2.05) is 0 Å². The summed E-state index contributed by atoms with van der Waals surface area (Å²) in [5.41, 5.74) is 5.72. The molecule has 2 rings (SSSR count). The van der Waals surface area contributed by atoms with E-state index in [0.717, 1.165) is 6.07 Å². The van der Waals surface area contributed by atoms with Gasteiger partial charge in [0.05, 0.1) is 17.1 Å². The molecule has 136 valence electrons. The standard InChI is InChI=1S/C17H21ClN2O5/c1-17(2,3)25-16(24)20-5-4-12(19)10(8-20)15(23)9-6-11(18)14(22)7-13(9)21/h6-7,21-22H,4-5,8,19H2,1-3H3. The number of nitrogens with zero attached hydrogens (tertiary/aromatic N) is 1. The Kier molecular flexibility index (Phi) is 5.17. The second kappa shape index (κ2) is 6.84. The number of phenolic OH excluding ortho intramolecular Hbond substituents is 2. The number of hydrogen-bond acceptors (Lipinski definition) is 6. The molecule has 0 unspecified atom stereocenters. The van der Waals surface area contributed by atoms with Crippen molar-refractivity contribution >= 4 is 23.5 Å². The Bertz CT molecular complexity index is 752. The Labute approximate surface area is 150 Å². The Morgan fingerprint density at radius 2 is 1.88 bits per heavy atom. The lowest BCUT2D eigenvalue weighted by atomic mass is 9.96. The van der Waals surface area contributed by atoms with Crippen molar-refractivity contribution in [1.29, 1.82) is 0 Å². The van der Waals surface area contributed by atoms with Crippen molar-refractivity contribution in [3.63, 3.8) is 0 Å². The highest BCUT2D eigenvalue weighted by Gasteiger charge is 2.30. The van der Waals surface area contributed by atoms with E-state index in [1.165, 1.54) is 11.0 Å². The number of amides is 1. The molecule has 25 heavy (non-hydrogen) atoms. The molecule has 0 saturated heterocycles. The van der Waals surface area contributed by atoms with Crippen molar-refractivity contribution in [2.75, 3.05) is 13.1 Å². The predicted molar refractivity (Wildman–Crippen MR) is 92.7 cm³/mol. The molecule has 1 aliphatic heterocycles. The Morgan fingerprint density at radius 1 is 1.24 bits per heavy atom. The zero-order valence-corrected chi connectivity index (χ0v) is 15.1. The molecule has 1 heterocycles. The van der Waals surface area contributed by atoms with Crippen molar-refractivity contribution in [3.05, 3.63) is 34.0 Å². The minimum absolute atomic E-state index is 0.0302. The lowest BCUT2D eigenvalue weighted by molar-refractivity contribution is 0.0259. The smallest absolute Gasteiger partial charge is 0.410 e. The average molecular weight is 369 g/mol. The number of rotatable bonds is 2. The van der Waals surface area contributed by atoms with Gasteiger partial charge in [-0.1, -0.05) is 11.6 Å². The summed E-state index contributed by atoms with van der Waals surface area (Å²) < 4.78 is 5.31. The fraction of sp³-hybridized carbons (Fsp3) is 0.412. The summed E-state index contributed by atoms with van der Waals surface area (Å²) in [6, 6.07) is 2.15. The molecule has 7 nitrogen and oxygen atoms in total. The van der Waals surface area contributed by atoms with E-state index in [-0.39, 0.29) is 28.5 Å². The van der Waals surface area contributed by atoms with Crippen LogP contribution in [0.1, 0.15) is 37.6 Å². The molecule has 4 N–H and O–H groups in total. The molecule has 0 saturated carbocycles. The lowest BCUT2D eigenvalue weighted by Crippen LogP contribution is -2.42. The van der Waals surface area contributed by atoms with Crippen LogP contribution in [0.25, 0.3) is 0 Å². The van der Waals surface area contributed by atoms with Crippen LogP contribution in [-0.4, -0.2) is 45.7 Å². The van der Waals surface area contributed by atoms with Crippen LogP contribution in [0.15, 0.2) is 23.4 Å². The van der Waals surface area contributed by atoms with E-state index in [4.69, 9.17) is 22.1 Å². The average Bonchev–Trinajstić information content (AvgIpc) is 2.49. The normalized spacial score (nSPS) is 15.3. The Morgan fingerprint density at radius 3 is 2.48 bits per heavy atom. The van der Waals surface area contributed by atoms with Gasteiger partial charge < -0.3 is 25.6 Å². The van der Waals surface area contributed by atoms with Crippen LogP contribution in [0.5, 0.6) is 11.5 Å². The van der Waals surface area contributed by atoms with Crippen molar-refractivity contribution in [2.45, 2.75) is 32.8 Å². The molecule has 1 aromatic rings. The van der Waals surface area contributed by atoms with Crippen LogP contribution in [0.4, 0.5) is 4.79 Å². The molecular weight excluding hydrogens is 348 g/mol. The molecule has 0 aromatic heterocycles. The monoisotopic (exact) mass is 368 g/mol. The van der Waals surface area contributed by atoms with Crippen LogP contribution in [-0.2, 0) is 4.74 Å². The molecule has 1 amide bonds. The molecule has 0 fully saturated rings. The van der Waals surface area contributed by atoms with Gasteiger partial charge in [-0.3, -0.25) is 4.79 Å². The maximum atomic E-state index is 12.7. The number of nitrogens with two attached hydrogens (primary N) is 1. The molecule has 0 atom stereocenters. The minimum Gasteiger partial charge on any atom is -0.507 e. The summed E-state index contributed by atoms with van der Waals surface area (Å²) in [7, 11) is 0. The van der Waals surface area contributed by atoms with Crippen LogP contribution < -0.4 is 5.73 Å². The fourth-order valence-corrected chi connectivity index (χ4v) is 2.54.